The molecule has 1 rings (SSSR count). The van der Waals surface area contributed by atoms with Crippen molar-refractivity contribution in [2.75, 3.05) is 6.54 Å². The molecule has 0 bridgehead atoms. The van der Waals surface area contributed by atoms with Crippen LogP contribution < -0.4 is 5.73 Å². The van der Waals surface area contributed by atoms with E-state index in [9.17, 15) is 4.39 Å². The fraction of sp³-hybridized carbons (Fsp3) is 0.400. The molecule has 0 heterocycles. The lowest BCUT2D eigenvalue weighted by molar-refractivity contribution is 0.535. The van der Waals surface area contributed by atoms with Crippen LogP contribution in [0.1, 0.15) is 19.4 Å². The van der Waals surface area contributed by atoms with Gasteiger partial charge in [0.25, 0.3) is 0 Å². The maximum Gasteiger partial charge on any atom is 0.137 e. The Morgan fingerprint density at radius 2 is 2.08 bits per heavy atom. The summed E-state index contributed by atoms with van der Waals surface area (Å²) in [5.41, 5.74) is 6.56. The van der Waals surface area contributed by atoms with Crippen molar-refractivity contribution in [3.63, 3.8) is 0 Å². The zero-order valence-electron chi connectivity index (χ0n) is 7.77. The molecule has 0 unspecified atom stereocenters. The lowest BCUT2D eigenvalue weighted by atomic mass is 9.85. The molecule has 2 N–H and O–H groups in total. The molecule has 0 aliphatic rings. The van der Waals surface area contributed by atoms with Gasteiger partial charge in [0.1, 0.15) is 5.82 Å². The van der Waals surface area contributed by atoms with Crippen molar-refractivity contribution in [3.05, 3.63) is 34.1 Å². The standard InChI is InChI=1S/C10H13BrFN/c1-10(2,6-13)7-3-4-9(12)8(11)5-7/h3-5H,6,13H2,1-2H3. The van der Waals surface area contributed by atoms with Crippen LogP contribution >= 0.6 is 15.9 Å². The Hall–Kier alpha value is -0.410. The summed E-state index contributed by atoms with van der Waals surface area (Å²) in [4.78, 5) is 0. The molecule has 1 aromatic rings. The molecule has 13 heavy (non-hydrogen) atoms. The Morgan fingerprint density at radius 1 is 1.46 bits per heavy atom. The molecular weight excluding hydrogens is 233 g/mol. The number of hydrogen-bond acceptors (Lipinski definition) is 1. The Bertz CT molecular complexity index is 310. The molecule has 0 saturated carbocycles. The van der Waals surface area contributed by atoms with E-state index in [-0.39, 0.29) is 11.2 Å². The smallest absolute Gasteiger partial charge is 0.137 e. The van der Waals surface area contributed by atoms with Gasteiger partial charge in [-0.2, -0.15) is 0 Å². The van der Waals surface area contributed by atoms with Crippen molar-refractivity contribution < 1.29 is 4.39 Å². The van der Waals surface area contributed by atoms with Gasteiger partial charge in [0.2, 0.25) is 0 Å². The summed E-state index contributed by atoms with van der Waals surface area (Å²) in [5.74, 6) is -0.239. The second kappa shape index (κ2) is 3.76. The van der Waals surface area contributed by atoms with Crippen LogP contribution in [0, 0.1) is 5.82 Å². The number of hydrogen-bond donors (Lipinski definition) is 1. The van der Waals surface area contributed by atoms with Gasteiger partial charge in [-0.1, -0.05) is 19.9 Å². The summed E-state index contributed by atoms with van der Waals surface area (Å²) in [7, 11) is 0. The maximum absolute atomic E-state index is 12.9. The fourth-order valence-electron chi connectivity index (χ4n) is 1.03. The van der Waals surface area contributed by atoms with E-state index in [2.05, 4.69) is 15.9 Å². The molecule has 0 fully saturated rings. The van der Waals surface area contributed by atoms with E-state index in [0.29, 0.717) is 11.0 Å². The van der Waals surface area contributed by atoms with Gasteiger partial charge in [-0.05, 0) is 33.6 Å². The van der Waals surface area contributed by atoms with E-state index >= 15 is 0 Å². The van der Waals surface area contributed by atoms with Crippen molar-refractivity contribution in [3.8, 4) is 0 Å². The van der Waals surface area contributed by atoms with Gasteiger partial charge in [-0.3, -0.25) is 0 Å². The zero-order valence-corrected chi connectivity index (χ0v) is 9.36. The maximum atomic E-state index is 12.9. The average Bonchev–Trinajstić information content (AvgIpc) is 2.09. The van der Waals surface area contributed by atoms with Gasteiger partial charge in [0.15, 0.2) is 0 Å². The minimum absolute atomic E-state index is 0.101. The second-order valence-electron chi connectivity index (χ2n) is 3.72. The van der Waals surface area contributed by atoms with Crippen LogP contribution in [-0.2, 0) is 5.41 Å². The van der Waals surface area contributed by atoms with E-state index in [1.165, 1.54) is 6.07 Å². The van der Waals surface area contributed by atoms with Crippen LogP contribution in [-0.4, -0.2) is 6.54 Å². The van der Waals surface area contributed by atoms with Gasteiger partial charge in [-0.15, -0.1) is 0 Å². The summed E-state index contributed by atoms with van der Waals surface area (Å²) in [6.07, 6.45) is 0. The minimum Gasteiger partial charge on any atom is -0.330 e. The number of nitrogens with two attached hydrogens (primary N) is 1. The number of rotatable bonds is 2. The first-order valence-electron chi connectivity index (χ1n) is 4.13. The largest absolute Gasteiger partial charge is 0.330 e. The summed E-state index contributed by atoms with van der Waals surface area (Å²) in [6.45, 7) is 4.62. The molecule has 0 aliphatic heterocycles. The summed E-state index contributed by atoms with van der Waals surface area (Å²) >= 11 is 3.15. The molecule has 0 saturated heterocycles. The first-order valence-corrected chi connectivity index (χ1v) is 4.92. The van der Waals surface area contributed by atoms with Crippen molar-refractivity contribution >= 4 is 15.9 Å². The molecule has 0 radical (unpaired) electrons. The predicted molar refractivity (Wildman–Crippen MR) is 56.2 cm³/mol. The van der Waals surface area contributed by atoms with Gasteiger partial charge in [0.05, 0.1) is 4.47 Å². The molecule has 1 nitrogen and oxygen atoms in total. The first kappa shape index (κ1) is 10.7. The van der Waals surface area contributed by atoms with Crippen LogP contribution in [0.4, 0.5) is 4.39 Å². The van der Waals surface area contributed by atoms with E-state index in [4.69, 9.17) is 5.73 Å². The van der Waals surface area contributed by atoms with E-state index < -0.39 is 0 Å². The van der Waals surface area contributed by atoms with Crippen molar-refractivity contribution in [1.29, 1.82) is 0 Å². The molecule has 0 aromatic heterocycles. The quantitative estimate of drug-likeness (QED) is 0.853. The molecule has 0 amide bonds. The van der Waals surface area contributed by atoms with E-state index in [1.54, 1.807) is 12.1 Å². The Balaban J connectivity index is 3.10. The highest BCUT2D eigenvalue weighted by atomic mass is 79.9. The third-order valence-electron chi connectivity index (χ3n) is 2.21. The predicted octanol–water partition coefficient (Wildman–Crippen LogP) is 2.82. The van der Waals surface area contributed by atoms with Crippen molar-refractivity contribution in [1.82, 2.24) is 0 Å². The van der Waals surface area contributed by atoms with Crippen LogP contribution in [0.15, 0.2) is 22.7 Å². The van der Waals surface area contributed by atoms with E-state index in [1.807, 2.05) is 13.8 Å². The summed E-state index contributed by atoms with van der Waals surface area (Å²) in [6, 6.07) is 5.01. The summed E-state index contributed by atoms with van der Waals surface area (Å²) < 4.78 is 13.4. The van der Waals surface area contributed by atoms with Crippen molar-refractivity contribution in [2.45, 2.75) is 19.3 Å². The average molecular weight is 246 g/mol. The van der Waals surface area contributed by atoms with Crippen LogP contribution in [0.5, 0.6) is 0 Å². The second-order valence-corrected chi connectivity index (χ2v) is 4.57. The molecule has 72 valence electrons. The zero-order chi connectivity index (χ0) is 10.1. The van der Waals surface area contributed by atoms with Crippen LogP contribution in [0.3, 0.4) is 0 Å². The molecular formula is C10H13BrFN. The Labute approximate surface area is 86.3 Å². The van der Waals surface area contributed by atoms with E-state index in [0.717, 1.165) is 5.56 Å². The van der Waals surface area contributed by atoms with Gasteiger partial charge in [-0.25, -0.2) is 4.39 Å². The molecule has 3 heteroatoms. The number of benzene rings is 1. The number of halogens is 2. The molecule has 0 aliphatic carbocycles. The highest BCUT2D eigenvalue weighted by molar-refractivity contribution is 9.10. The lowest BCUT2D eigenvalue weighted by Gasteiger charge is -2.23. The third kappa shape index (κ3) is 2.29. The lowest BCUT2D eigenvalue weighted by Crippen LogP contribution is -2.28. The minimum atomic E-state index is -0.239. The van der Waals surface area contributed by atoms with Crippen LogP contribution in [0.25, 0.3) is 0 Å². The monoisotopic (exact) mass is 245 g/mol. The topological polar surface area (TPSA) is 26.0 Å². The van der Waals surface area contributed by atoms with Crippen LogP contribution in [0.2, 0.25) is 0 Å². The Kier molecular flexibility index (Phi) is 3.09. The van der Waals surface area contributed by atoms with Crippen molar-refractivity contribution in [2.24, 2.45) is 5.73 Å². The highest BCUT2D eigenvalue weighted by Crippen LogP contribution is 2.26. The SMILES string of the molecule is CC(C)(CN)c1ccc(F)c(Br)c1. The molecule has 0 atom stereocenters. The highest BCUT2D eigenvalue weighted by Gasteiger charge is 2.19. The first-order chi connectivity index (χ1) is 5.97. The Morgan fingerprint density at radius 3 is 2.54 bits per heavy atom. The molecule has 0 spiro atoms. The summed E-state index contributed by atoms with van der Waals surface area (Å²) in [5, 5.41) is 0. The molecule has 1 aromatic carbocycles. The van der Waals surface area contributed by atoms with Gasteiger partial charge >= 0.3 is 0 Å². The normalized spacial score (nSPS) is 11.8. The fourth-order valence-corrected chi connectivity index (χ4v) is 1.41. The van der Waals surface area contributed by atoms with Gasteiger partial charge in [0, 0.05) is 12.0 Å². The third-order valence-corrected chi connectivity index (χ3v) is 2.82. The van der Waals surface area contributed by atoms with Gasteiger partial charge < -0.3 is 5.73 Å².